The largest absolute Gasteiger partial charge is 0.228 e. The summed E-state index contributed by atoms with van der Waals surface area (Å²) in [6, 6.07) is 38.3. The lowest BCUT2D eigenvalue weighted by Gasteiger charge is -2.11. The lowest BCUT2D eigenvalue weighted by Crippen LogP contribution is -2.02. The van der Waals surface area contributed by atoms with E-state index in [1.807, 2.05) is 91.0 Å². The number of benzene rings is 4. The van der Waals surface area contributed by atoms with Gasteiger partial charge in [-0.05, 0) is 59.2 Å². The molecule has 0 aliphatic heterocycles. The van der Waals surface area contributed by atoms with Gasteiger partial charge in [0.25, 0.3) is 0 Å². The average molecular weight is 415 g/mol. The van der Waals surface area contributed by atoms with Crippen molar-refractivity contribution in [3.05, 3.63) is 126 Å². The molecule has 0 spiro atoms. The van der Waals surface area contributed by atoms with Gasteiger partial charge >= 0.3 is 0 Å². The summed E-state index contributed by atoms with van der Waals surface area (Å²) in [7, 11) is -0.492. The maximum absolute atomic E-state index is 6.04. The molecule has 0 aromatic heterocycles. The van der Waals surface area contributed by atoms with Crippen LogP contribution in [-0.4, -0.2) is 5.84 Å². The summed E-state index contributed by atoms with van der Waals surface area (Å²) in [4.78, 5) is 7.16. The number of aliphatic imine (C=N–C) groups is 1. The molecule has 0 fully saturated rings. The van der Waals surface area contributed by atoms with E-state index in [0.717, 1.165) is 21.0 Å². The summed E-state index contributed by atoms with van der Waals surface area (Å²) in [6.07, 6.45) is 0. The molecule has 0 unspecified atom stereocenters. The van der Waals surface area contributed by atoms with Crippen molar-refractivity contribution in [1.29, 1.82) is 0 Å². The highest BCUT2D eigenvalue weighted by atomic mass is 35.5. The third-order valence-electron chi connectivity index (χ3n) is 4.20. The predicted molar refractivity (Wildman–Crippen MR) is 123 cm³/mol. The van der Waals surface area contributed by atoms with Crippen LogP contribution in [0.5, 0.6) is 0 Å². The van der Waals surface area contributed by atoms with E-state index in [9.17, 15) is 0 Å². The van der Waals surface area contributed by atoms with E-state index in [0.29, 0.717) is 10.9 Å². The van der Waals surface area contributed by atoms with Crippen molar-refractivity contribution in [2.24, 2.45) is 9.36 Å². The molecule has 0 amide bonds. The van der Waals surface area contributed by atoms with Gasteiger partial charge in [0.1, 0.15) is 0 Å². The van der Waals surface area contributed by atoms with Crippen molar-refractivity contribution in [3.8, 4) is 0 Å². The topological polar surface area (TPSA) is 24.7 Å². The van der Waals surface area contributed by atoms with Crippen molar-refractivity contribution in [3.63, 3.8) is 0 Å². The fourth-order valence-corrected chi connectivity index (χ4v) is 4.55. The third kappa shape index (κ3) is 5.08. The van der Waals surface area contributed by atoms with Crippen LogP contribution < -0.4 is 0 Å². The Morgan fingerprint density at radius 3 is 1.59 bits per heavy atom. The first-order chi connectivity index (χ1) is 14.3. The van der Waals surface area contributed by atoms with Gasteiger partial charge < -0.3 is 0 Å². The highest BCUT2D eigenvalue weighted by Crippen LogP contribution is 2.22. The Bertz CT molecular complexity index is 1080. The fourth-order valence-electron chi connectivity index (χ4n) is 2.79. The maximum atomic E-state index is 6.04. The normalized spacial score (nSPS) is 11.4. The maximum Gasteiger partial charge on any atom is 0.167 e. The van der Waals surface area contributed by atoms with Crippen molar-refractivity contribution >= 4 is 33.8 Å². The van der Waals surface area contributed by atoms with Gasteiger partial charge in [-0.25, -0.2) is 4.99 Å². The van der Waals surface area contributed by atoms with Gasteiger partial charge in [0.2, 0.25) is 0 Å². The van der Waals surface area contributed by atoms with Gasteiger partial charge in [-0.15, -0.1) is 0 Å². The number of amidine groups is 1. The van der Waals surface area contributed by atoms with E-state index in [4.69, 9.17) is 21.0 Å². The Kier molecular flexibility index (Phi) is 6.30. The van der Waals surface area contributed by atoms with E-state index < -0.39 is 10.7 Å². The van der Waals surface area contributed by atoms with E-state index in [1.165, 1.54) is 0 Å². The van der Waals surface area contributed by atoms with E-state index in [-0.39, 0.29) is 0 Å². The molecule has 0 saturated heterocycles. The zero-order valence-electron chi connectivity index (χ0n) is 15.7. The monoisotopic (exact) mass is 414 g/mol. The van der Waals surface area contributed by atoms with Gasteiger partial charge in [0.05, 0.1) is 5.69 Å². The van der Waals surface area contributed by atoms with Crippen LogP contribution in [0.4, 0.5) is 5.69 Å². The van der Waals surface area contributed by atoms with Gasteiger partial charge in [0, 0.05) is 20.4 Å². The van der Waals surface area contributed by atoms with Gasteiger partial charge in [0.15, 0.2) is 5.84 Å². The molecule has 0 aliphatic rings. The Labute approximate surface area is 178 Å². The lowest BCUT2D eigenvalue weighted by atomic mass is 10.2. The lowest BCUT2D eigenvalue weighted by molar-refractivity contribution is 1.37. The van der Waals surface area contributed by atoms with Gasteiger partial charge in [-0.2, -0.15) is 4.36 Å². The van der Waals surface area contributed by atoms with Crippen LogP contribution in [0.2, 0.25) is 5.02 Å². The van der Waals surface area contributed by atoms with Crippen molar-refractivity contribution in [1.82, 2.24) is 0 Å². The molecule has 0 N–H and O–H groups in total. The second-order valence-electron chi connectivity index (χ2n) is 6.28. The van der Waals surface area contributed by atoms with E-state index >= 15 is 0 Å². The molecule has 4 rings (SSSR count). The molecule has 142 valence electrons. The summed E-state index contributed by atoms with van der Waals surface area (Å²) in [5.74, 6) is 0.698. The number of halogens is 1. The van der Waals surface area contributed by atoms with Crippen molar-refractivity contribution in [2.45, 2.75) is 9.79 Å². The van der Waals surface area contributed by atoms with Crippen LogP contribution in [0, 0.1) is 0 Å². The Balaban J connectivity index is 1.90. The molecule has 0 bridgehead atoms. The minimum absolute atomic E-state index is 0.492. The molecule has 4 aromatic carbocycles. The Morgan fingerprint density at radius 1 is 0.586 bits per heavy atom. The van der Waals surface area contributed by atoms with Crippen LogP contribution in [-0.2, 0) is 10.7 Å². The minimum atomic E-state index is -0.492. The Hall–Kier alpha value is -3.01. The quantitative estimate of drug-likeness (QED) is 0.246. The van der Waals surface area contributed by atoms with Crippen LogP contribution in [0.3, 0.4) is 0 Å². The summed E-state index contributed by atoms with van der Waals surface area (Å²) < 4.78 is 5.15. The third-order valence-corrected chi connectivity index (χ3v) is 6.25. The van der Waals surface area contributed by atoms with Crippen LogP contribution in [0.15, 0.2) is 134 Å². The molecule has 0 aliphatic carbocycles. The second-order valence-corrected chi connectivity index (χ2v) is 8.41. The first-order valence-electron chi connectivity index (χ1n) is 9.25. The number of nitrogens with zero attached hydrogens (tertiary/aromatic N) is 2. The van der Waals surface area contributed by atoms with Gasteiger partial charge in [-0.1, -0.05) is 78.3 Å². The Morgan fingerprint density at radius 2 is 1.07 bits per heavy atom. The van der Waals surface area contributed by atoms with E-state index in [1.54, 1.807) is 0 Å². The smallest absolute Gasteiger partial charge is 0.167 e. The predicted octanol–water partition coefficient (Wildman–Crippen LogP) is 7.34. The molecule has 4 heteroatoms. The molecule has 0 radical (unpaired) electrons. The molecule has 0 heterocycles. The van der Waals surface area contributed by atoms with Crippen LogP contribution >= 0.6 is 11.6 Å². The standard InChI is InChI=1S/C25H19ClN2S/c26-21-16-18-22(19-17-21)27-25(20-10-4-1-5-11-20)28-29(23-12-6-2-7-13-23)24-14-8-3-9-15-24/h1-19H. The summed E-state index contributed by atoms with van der Waals surface area (Å²) in [5, 5.41) is 0.690. The molecular weight excluding hydrogens is 396 g/mol. The minimum Gasteiger partial charge on any atom is -0.228 e. The molecule has 29 heavy (non-hydrogen) atoms. The fraction of sp³-hybridized carbons (Fsp3) is 0. The van der Waals surface area contributed by atoms with Crippen molar-refractivity contribution < 1.29 is 0 Å². The SMILES string of the molecule is Clc1ccc(N=C(N=S(c2ccccc2)c2ccccc2)c2ccccc2)cc1. The summed E-state index contributed by atoms with van der Waals surface area (Å²) in [6.45, 7) is 0. The zero-order chi connectivity index (χ0) is 19.9. The second kappa shape index (κ2) is 9.46. The molecule has 2 nitrogen and oxygen atoms in total. The summed E-state index contributed by atoms with van der Waals surface area (Å²) in [5.41, 5.74) is 1.80. The van der Waals surface area contributed by atoms with Crippen LogP contribution in [0.1, 0.15) is 5.56 Å². The number of hydrogen-bond donors (Lipinski definition) is 0. The van der Waals surface area contributed by atoms with Crippen molar-refractivity contribution in [2.75, 3.05) is 0 Å². The molecular formula is C25H19ClN2S. The summed E-state index contributed by atoms with van der Waals surface area (Å²) >= 11 is 6.04. The molecule has 0 atom stereocenters. The zero-order valence-corrected chi connectivity index (χ0v) is 17.2. The van der Waals surface area contributed by atoms with Crippen LogP contribution in [0.25, 0.3) is 0 Å². The first kappa shape index (κ1) is 19.3. The molecule has 0 saturated carbocycles. The first-order valence-corrected chi connectivity index (χ1v) is 10.8. The number of hydrogen-bond acceptors (Lipinski definition) is 1. The number of rotatable bonds is 4. The average Bonchev–Trinajstić information content (AvgIpc) is 2.80. The van der Waals surface area contributed by atoms with E-state index in [2.05, 4.69) is 24.3 Å². The highest BCUT2D eigenvalue weighted by molar-refractivity contribution is 7.87. The van der Waals surface area contributed by atoms with Gasteiger partial charge in [-0.3, -0.25) is 0 Å². The molecule has 4 aromatic rings. The highest BCUT2D eigenvalue weighted by Gasteiger charge is 2.09.